The maximum absolute atomic E-state index is 2.66. The molecule has 4 heterocycles. The van der Waals surface area contributed by atoms with Crippen LogP contribution in [0.15, 0.2) is 24.3 Å². The Balaban J connectivity index is 1.39. The summed E-state index contributed by atoms with van der Waals surface area (Å²) in [5, 5.41) is 0. The van der Waals surface area contributed by atoms with Crippen molar-refractivity contribution in [2.45, 2.75) is 185 Å². The molecule has 0 radical (unpaired) electrons. The van der Waals surface area contributed by atoms with Gasteiger partial charge in [-0.1, -0.05) is 39.5 Å². The van der Waals surface area contributed by atoms with Crippen LogP contribution in [0, 0.1) is 0 Å². The van der Waals surface area contributed by atoms with E-state index in [-0.39, 0.29) is 0 Å². The Kier molecular flexibility index (Phi) is 19.3. The predicted octanol–water partition coefficient (Wildman–Crippen LogP) is 16.4. The summed E-state index contributed by atoms with van der Waals surface area (Å²) in [6.45, 7) is 4.63. The molecular formula is C44H72S4Sn2. The summed E-state index contributed by atoms with van der Waals surface area (Å²) >= 11 is 4.20. The van der Waals surface area contributed by atoms with Gasteiger partial charge in [-0.05, 0) is 0 Å². The van der Waals surface area contributed by atoms with Crippen molar-refractivity contribution in [3.05, 3.63) is 35.4 Å². The fraction of sp³-hybridized carbons (Fsp3) is 0.682. The Morgan fingerprint density at radius 2 is 0.680 bits per heavy atom. The van der Waals surface area contributed by atoms with Gasteiger partial charge in [-0.25, -0.2) is 0 Å². The SMILES string of the molecule is CCCCCCCCCCCCc1c[c]([Sn]([CH3])([CH3])[CH3])sc1-c1cc2sc(-c3s[c]([Sn]([CH3])([CH3])[CH3])cc3CCCCCCCCCCCC)cc2s1. The number of fused-ring (bicyclic) bond motifs is 1. The van der Waals surface area contributed by atoms with Crippen molar-refractivity contribution in [1.29, 1.82) is 0 Å². The van der Waals surface area contributed by atoms with E-state index in [4.69, 9.17) is 0 Å². The first-order valence-electron chi connectivity index (χ1n) is 20.8. The van der Waals surface area contributed by atoms with Gasteiger partial charge in [-0.2, -0.15) is 0 Å². The zero-order valence-corrected chi connectivity index (χ0v) is 42.5. The van der Waals surface area contributed by atoms with Crippen molar-refractivity contribution in [1.82, 2.24) is 0 Å². The first-order chi connectivity index (χ1) is 24.0. The molecular weight excluding hydrogens is 894 g/mol. The Labute approximate surface area is 333 Å². The molecule has 0 saturated heterocycles. The van der Waals surface area contributed by atoms with Crippen LogP contribution in [0.25, 0.3) is 28.9 Å². The van der Waals surface area contributed by atoms with Gasteiger partial charge in [0.15, 0.2) is 0 Å². The van der Waals surface area contributed by atoms with Gasteiger partial charge in [-0.15, -0.1) is 0 Å². The van der Waals surface area contributed by atoms with Crippen LogP contribution in [0.2, 0.25) is 29.6 Å². The molecule has 280 valence electrons. The molecule has 0 unspecified atom stereocenters. The number of aryl methyl sites for hydroxylation is 2. The number of rotatable bonds is 26. The predicted molar refractivity (Wildman–Crippen MR) is 243 cm³/mol. The zero-order valence-electron chi connectivity index (χ0n) is 33.5. The van der Waals surface area contributed by atoms with E-state index in [0.717, 1.165) is 0 Å². The van der Waals surface area contributed by atoms with Crippen molar-refractivity contribution in [2.75, 3.05) is 0 Å². The number of hydrogen-bond donors (Lipinski definition) is 0. The second-order valence-electron chi connectivity index (χ2n) is 17.2. The number of hydrogen-bond acceptors (Lipinski definition) is 4. The molecule has 6 heteroatoms. The summed E-state index contributed by atoms with van der Waals surface area (Å²) in [4.78, 5) is 21.9. The summed E-state index contributed by atoms with van der Waals surface area (Å²) in [5.74, 6) is 0. The van der Waals surface area contributed by atoms with E-state index in [9.17, 15) is 0 Å². The standard InChI is InChI=1S/C38H54S4.6CH3.2Sn/c1-3-5-7-9-11-13-15-17-19-21-23-31-25-27-39-37(31)35-29-33-34(41-35)30-36(42-33)38-32(26-28-40-38)24-22-20-18-16-14-12-10-8-6-4-2;;;;;;;;/h25-26,29-30H,3-24H2,1-2H3;6*1H3;;. The topological polar surface area (TPSA) is 0 Å². The molecule has 4 aromatic heterocycles. The zero-order chi connectivity index (χ0) is 36.0. The third-order valence-corrected chi connectivity index (χ3v) is 34.2. The fourth-order valence-corrected chi connectivity index (χ4v) is 22.7. The van der Waals surface area contributed by atoms with Crippen LogP contribution >= 0.6 is 45.3 Å². The van der Waals surface area contributed by atoms with Gasteiger partial charge in [-0.3, -0.25) is 0 Å². The molecule has 50 heavy (non-hydrogen) atoms. The third kappa shape index (κ3) is 14.1. The minimum atomic E-state index is -2.14. The van der Waals surface area contributed by atoms with E-state index < -0.39 is 36.8 Å². The quantitative estimate of drug-likeness (QED) is 0.0435. The van der Waals surface area contributed by atoms with Gasteiger partial charge >= 0.3 is 297 Å². The molecule has 0 aliphatic heterocycles. The molecule has 0 saturated carbocycles. The molecule has 0 amide bonds. The molecule has 4 aromatic rings. The number of unbranched alkanes of at least 4 members (excludes halogenated alkanes) is 18. The summed E-state index contributed by atoms with van der Waals surface area (Å²) < 4.78 is 6.53. The van der Waals surface area contributed by atoms with Crippen LogP contribution in [0.1, 0.15) is 153 Å². The summed E-state index contributed by atoms with van der Waals surface area (Å²) in [7, 11) is 0. The van der Waals surface area contributed by atoms with Gasteiger partial charge in [0.25, 0.3) is 0 Å². The second-order valence-corrected chi connectivity index (χ2v) is 52.3. The molecule has 0 aliphatic carbocycles. The van der Waals surface area contributed by atoms with Gasteiger partial charge < -0.3 is 0 Å². The number of thiophene rings is 4. The van der Waals surface area contributed by atoms with Gasteiger partial charge in [0.2, 0.25) is 0 Å². The van der Waals surface area contributed by atoms with E-state index in [1.165, 1.54) is 160 Å². The van der Waals surface area contributed by atoms with E-state index in [1.54, 1.807) is 26.7 Å². The Morgan fingerprint density at radius 1 is 0.380 bits per heavy atom. The Hall–Kier alpha value is 0.657. The Morgan fingerprint density at radius 3 is 0.980 bits per heavy atom. The minimum absolute atomic E-state index is 1.26. The van der Waals surface area contributed by atoms with Crippen molar-refractivity contribution >= 4 is 97.3 Å². The molecule has 0 aromatic carbocycles. The first kappa shape index (κ1) is 43.4. The maximum atomic E-state index is 2.66. The Bertz CT molecular complexity index is 1380. The average molecular weight is 967 g/mol. The molecule has 0 fully saturated rings. The first-order valence-corrected chi connectivity index (χ1v) is 44.1. The molecule has 0 N–H and O–H groups in total. The summed E-state index contributed by atoms with van der Waals surface area (Å²) in [5.41, 5.74) is 3.31. The van der Waals surface area contributed by atoms with E-state index in [2.05, 4.69) is 113 Å². The summed E-state index contributed by atoms with van der Waals surface area (Å²) in [6, 6.07) is 10.5. The molecule has 0 atom stereocenters. The average Bonchev–Trinajstić information content (AvgIpc) is 3.84. The van der Waals surface area contributed by atoms with Crippen LogP contribution in [0.4, 0.5) is 0 Å². The molecule has 0 aliphatic rings. The van der Waals surface area contributed by atoms with E-state index in [0.29, 0.717) is 0 Å². The van der Waals surface area contributed by atoms with Crippen LogP contribution in [0.3, 0.4) is 0 Å². The van der Waals surface area contributed by atoms with E-state index in [1.807, 2.05) is 0 Å². The van der Waals surface area contributed by atoms with Crippen molar-refractivity contribution in [3.8, 4) is 19.5 Å². The second kappa shape index (κ2) is 22.3. The monoisotopic (exact) mass is 968 g/mol. The van der Waals surface area contributed by atoms with Gasteiger partial charge in [0.1, 0.15) is 0 Å². The van der Waals surface area contributed by atoms with Crippen molar-refractivity contribution < 1.29 is 0 Å². The van der Waals surface area contributed by atoms with Crippen LogP contribution < -0.4 is 5.79 Å². The van der Waals surface area contributed by atoms with Crippen LogP contribution in [-0.4, -0.2) is 36.8 Å². The fourth-order valence-electron chi connectivity index (χ4n) is 7.05. The molecule has 4 rings (SSSR count). The van der Waals surface area contributed by atoms with Crippen LogP contribution in [0.5, 0.6) is 0 Å². The van der Waals surface area contributed by atoms with Gasteiger partial charge in [0, 0.05) is 0 Å². The van der Waals surface area contributed by atoms with Crippen molar-refractivity contribution in [2.24, 2.45) is 0 Å². The van der Waals surface area contributed by atoms with E-state index >= 15 is 0 Å². The summed E-state index contributed by atoms with van der Waals surface area (Å²) in [6.07, 6.45) is 30.8. The van der Waals surface area contributed by atoms with Crippen molar-refractivity contribution in [3.63, 3.8) is 0 Å². The van der Waals surface area contributed by atoms with Crippen LogP contribution in [-0.2, 0) is 12.8 Å². The van der Waals surface area contributed by atoms with Gasteiger partial charge in [0.05, 0.1) is 0 Å². The molecule has 0 nitrogen and oxygen atoms in total. The third-order valence-electron chi connectivity index (χ3n) is 10.4. The molecule has 0 spiro atoms. The normalized spacial score (nSPS) is 12.6. The molecule has 0 bridgehead atoms.